The Bertz CT molecular complexity index is 610. The predicted octanol–water partition coefficient (Wildman–Crippen LogP) is 4.47. The molecule has 2 aromatic rings. The molecule has 0 saturated heterocycles. The van der Waals surface area contributed by atoms with Gasteiger partial charge in [-0.05, 0) is 48.9 Å². The van der Waals surface area contributed by atoms with Crippen molar-refractivity contribution in [3.05, 3.63) is 64.4 Å². The molecule has 0 amide bonds. The van der Waals surface area contributed by atoms with E-state index in [0.29, 0.717) is 23.6 Å². The van der Waals surface area contributed by atoms with Crippen molar-refractivity contribution in [3.8, 4) is 0 Å². The molecular formula is C16H15ClFNO. The zero-order valence-electron chi connectivity index (χ0n) is 11.1. The second kappa shape index (κ2) is 6.53. The maximum absolute atomic E-state index is 12.8. The second-order valence-electron chi connectivity index (χ2n) is 4.57. The molecule has 0 aliphatic rings. The van der Waals surface area contributed by atoms with Gasteiger partial charge >= 0.3 is 0 Å². The predicted molar refractivity (Wildman–Crippen MR) is 80.0 cm³/mol. The first-order valence-corrected chi connectivity index (χ1v) is 6.73. The number of rotatable bonds is 5. The number of benzene rings is 2. The van der Waals surface area contributed by atoms with Crippen LogP contribution in [0.4, 0.5) is 10.1 Å². The van der Waals surface area contributed by atoms with Gasteiger partial charge in [-0.25, -0.2) is 4.39 Å². The molecule has 0 aliphatic carbocycles. The normalized spacial score (nSPS) is 10.3. The molecule has 2 rings (SSSR count). The van der Waals surface area contributed by atoms with E-state index >= 15 is 0 Å². The third kappa shape index (κ3) is 3.81. The van der Waals surface area contributed by atoms with Gasteiger partial charge in [0.25, 0.3) is 0 Å². The number of hydrogen-bond acceptors (Lipinski definition) is 2. The molecule has 0 unspecified atom stereocenters. The van der Waals surface area contributed by atoms with E-state index in [1.807, 2.05) is 25.1 Å². The Balaban J connectivity index is 1.87. The summed E-state index contributed by atoms with van der Waals surface area (Å²) in [5.41, 5.74) is 2.42. The number of Topliss-reactive ketones (excluding diaryl/α,β-unsaturated/α-hetero) is 1. The lowest BCUT2D eigenvalue weighted by Crippen LogP contribution is -2.09. The fourth-order valence-electron chi connectivity index (χ4n) is 1.80. The van der Waals surface area contributed by atoms with Crippen LogP contribution in [0.1, 0.15) is 22.3 Å². The van der Waals surface area contributed by atoms with Gasteiger partial charge in [-0.15, -0.1) is 0 Å². The minimum absolute atomic E-state index is 0.0179. The van der Waals surface area contributed by atoms with Gasteiger partial charge in [0.2, 0.25) is 0 Å². The van der Waals surface area contributed by atoms with Crippen molar-refractivity contribution in [1.29, 1.82) is 0 Å². The molecule has 0 radical (unpaired) electrons. The highest BCUT2D eigenvalue weighted by molar-refractivity contribution is 6.31. The topological polar surface area (TPSA) is 29.1 Å². The molecule has 0 aliphatic heterocycles. The summed E-state index contributed by atoms with van der Waals surface area (Å²) in [7, 11) is 0. The Labute approximate surface area is 122 Å². The van der Waals surface area contributed by atoms with Crippen LogP contribution in [0.5, 0.6) is 0 Å². The van der Waals surface area contributed by atoms with Gasteiger partial charge in [-0.1, -0.05) is 17.7 Å². The lowest BCUT2D eigenvalue weighted by atomic mass is 10.1. The summed E-state index contributed by atoms with van der Waals surface area (Å²) < 4.78 is 12.8. The van der Waals surface area contributed by atoms with Gasteiger partial charge in [-0.2, -0.15) is 0 Å². The molecule has 0 spiro atoms. The molecule has 0 aromatic heterocycles. The third-order valence-electron chi connectivity index (χ3n) is 3.02. The smallest absolute Gasteiger partial charge is 0.164 e. The highest BCUT2D eigenvalue weighted by Crippen LogP contribution is 2.19. The molecule has 2 aromatic carbocycles. The van der Waals surface area contributed by atoms with E-state index in [9.17, 15) is 9.18 Å². The summed E-state index contributed by atoms with van der Waals surface area (Å²) >= 11 is 6.02. The summed E-state index contributed by atoms with van der Waals surface area (Å²) in [5, 5.41) is 3.84. The van der Waals surface area contributed by atoms with E-state index in [4.69, 9.17) is 11.6 Å². The zero-order valence-corrected chi connectivity index (χ0v) is 11.9. The average molecular weight is 292 g/mol. The van der Waals surface area contributed by atoms with E-state index < -0.39 is 0 Å². The van der Waals surface area contributed by atoms with Crippen molar-refractivity contribution in [2.75, 3.05) is 11.9 Å². The van der Waals surface area contributed by atoms with Crippen LogP contribution in [0.15, 0.2) is 42.5 Å². The van der Waals surface area contributed by atoms with Crippen molar-refractivity contribution in [3.63, 3.8) is 0 Å². The number of hydrogen-bond donors (Lipinski definition) is 1. The number of aryl methyl sites for hydroxylation is 1. The molecule has 0 bridgehead atoms. The average Bonchev–Trinajstić information content (AvgIpc) is 2.43. The van der Waals surface area contributed by atoms with Crippen LogP contribution in [-0.2, 0) is 0 Å². The summed E-state index contributed by atoms with van der Waals surface area (Å²) in [6.07, 6.45) is 0.344. The van der Waals surface area contributed by atoms with E-state index in [-0.39, 0.29) is 11.6 Å². The number of carbonyl (C=O) groups excluding carboxylic acids is 1. The van der Waals surface area contributed by atoms with Crippen LogP contribution in [0, 0.1) is 12.7 Å². The molecule has 0 saturated carbocycles. The fraction of sp³-hybridized carbons (Fsp3) is 0.188. The summed E-state index contributed by atoms with van der Waals surface area (Å²) in [6, 6.07) is 11.3. The first-order valence-electron chi connectivity index (χ1n) is 6.35. The summed E-state index contributed by atoms with van der Waals surface area (Å²) in [4.78, 5) is 11.9. The Hall–Kier alpha value is -1.87. The molecule has 0 atom stereocenters. The number of carbonyl (C=O) groups is 1. The minimum atomic E-state index is -0.339. The quantitative estimate of drug-likeness (QED) is 0.823. The first-order chi connectivity index (χ1) is 9.56. The maximum Gasteiger partial charge on any atom is 0.164 e. The van der Waals surface area contributed by atoms with Crippen LogP contribution in [0.2, 0.25) is 5.02 Å². The standard InChI is InChI=1S/C16H15ClFNO/c1-11-2-7-14(10-15(11)17)19-9-8-16(20)12-3-5-13(18)6-4-12/h2-7,10,19H,8-9H2,1H3. The molecule has 104 valence electrons. The SMILES string of the molecule is Cc1ccc(NCCC(=O)c2ccc(F)cc2)cc1Cl. The van der Waals surface area contributed by atoms with Crippen LogP contribution in [0.3, 0.4) is 0 Å². The van der Waals surface area contributed by atoms with Crippen molar-refractivity contribution in [2.24, 2.45) is 0 Å². The van der Waals surface area contributed by atoms with Crippen LogP contribution in [-0.4, -0.2) is 12.3 Å². The number of halogens is 2. The Morgan fingerprint density at radius 2 is 1.90 bits per heavy atom. The van der Waals surface area contributed by atoms with E-state index in [2.05, 4.69) is 5.32 Å². The van der Waals surface area contributed by atoms with Gasteiger partial charge in [0.05, 0.1) is 0 Å². The Morgan fingerprint density at radius 3 is 2.55 bits per heavy atom. The summed E-state index contributed by atoms with van der Waals surface area (Å²) in [6.45, 7) is 2.44. The van der Waals surface area contributed by atoms with Gasteiger partial charge in [0.15, 0.2) is 5.78 Å². The summed E-state index contributed by atoms with van der Waals surface area (Å²) in [5.74, 6) is -0.357. The van der Waals surface area contributed by atoms with Gasteiger partial charge in [0.1, 0.15) is 5.82 Å². The van der Waals surface area contributed by atoms with Crippen LogP contribution in [0.25, 0.3) is 0 Å². The maximum atomic E-state index is 12.8. The monoisotopic (exact) mass is 291 g/mol. The van der Waals surface area contributed by atoms with Crippen LogP contribution < -0.4 is 5.32 Å². The minimum Gasteiger partial charge on any atom is -0.385 e. The second-order valence-corrected chi connectivity index (χ2v) is 4.98. The Morgan fingerprint density at radius 1 is 1.20 bits per heavy atom. The van der Waals surface area contributed by atoms with E-state index in [0.717, 1.165) is 11.3 Å². The first kappa shape index (κ1) is 14.5. The lowest BCUT2D eigenvalue weighted by Gasteiger charge is -2.07. The third-order valence-corrected chi connectivity index (χ3v) is 3.43. The Kier molecular flexibility index (Phi) is 4.74. The largest absolute Gasteiger partial charge is 0.385 e. The number of nitrogens with one attached hydrogen (secondary N) is 1. The highest BCUT2D eigenvalue weighted by Gasteiger charge is 2.05. The molecule has 2 nitrogen and oxygen atoms in total. The van der Waals surface area contributed by atoms with Crippen molar-refractivity contribution in [1.82, 2.24) is 0 Å². The van der Waals surface area contributed by atoms with Gasteiger partial charge in [-0.3, -0.25) is 4.79 Å². The highest BCUT2D eigenvalue weighted by atomic mass is 35.5. The van der Waals surface area contributed by atoms with E-state index in [1.54, 1.807) is 0 Å². The number of ketones is 1. The lowest BCUT2D eigenvalue weighted by molar-refractivity contribution is 0.0986. The molecule has 0 fully saturated rings. The fourth-order valence-corrected chi connectivity index (χ4v) is 1.98. The van der Waals surface area contributed by atoms with Crippen molar-refractivity contribution in [2.45, 2.75) is 13.3 Å². The molecule has 4 heteroatoms. The molecular weight excluding hydrogens is 277 g/mol. The van der Waals surface area contributed by atoms with Crippen molar-refractivity contribution >= 4 is 23.1 Å². The number of anilines is 1. The van der Waals surface area contributed by atoms with E-state index in [1.165, 1.54) is 24.3 Å². The molecule has 20 heavy (non-hydrogen) atoms. The molecule has 0 heterocycles. The molecule has 1 N–H and O–H groups in total. The van der Waals surface area contributed by atoms with Crippen LogP contribution >= 0.6 is 11.6 Å². The van der Waals surface area contributed by atoms with Gasteiger partial charge < -0.3 is 5.32 Å². The van der Waals surface area contributed by atoms with Gasteiger partial charge in [0, 0.05) is 29.2 Å². The zero-order chi connectivity index (χ0) is 14.5. The van der Waals surface area contributed by atoms with Crippen molar-refractivity contribution < 1.29 is 9.18 Å².